The van der Waals surface area contributed by atoms with E-state index in [9.17, 15) is 9.90 Å². The lowest BCUT2D eigenvalue weighted by atomic mass is 9.93. The Balaban J connectivity index is 2.07. The van der Waals surface area contributed by atoms with E-state index in [-0.39, 0.29) is 18.1 Å². The van der Waals surface area contributed by atoms with Gasteiger partial charge in [0, 0.05) is 26.1 Å². The second kappa shape index (κ2) is 5.98. The highest BCUT2D eigenvalue weighted by molar-refractivity contribution is 5.72. The molecule has 1 aliphatic carbocycles. The lowest BCUT2D eigenvalue weighted by Gasteiger charge is -2.28. The summed E-state index contributed by atoms with van der Waals surface area (Å²) in [6.07, 6.45) is 4.06. The average molecular weight is 200 g/mol. The topological polar surface area (TPSA) is 61.4 Å². The molecular formula is C10H20N2O2. The van der Waals surface area contributed by atoms with Crippen molar-refractivity contribution in [1.29, 1.82) is 0 Å². The van der Waals surface area contributed by atoms with Crippen LogP contribution in [-0.4, -0.2) is 36.2 Å². The summed E-state index contributed by atoms with van der Waals surface area (Å²) in [4.78, 5) is 10.6. The monoisotopic (exact) mass is 200 g/mol. The molecule has 82 valence electrons. The molecule has 1 rings (SSSR count). The fourth-order valence-electron chi connectivity index (χ4n) is 1.85. The molecule has 1 aliphatic rings. The van der Waals surface area contributed by atoms with Crippen molar-refractivity contribution < 1.29 is 9.90 Å². The number of rotatable bonds is 4. The molecule has 0 saturated heterocycles. The van der Waals surface area contributed by atoms with E-state index >= 15 is 0 Å². The third-order valence-corrected chi connectivity index (χ3v) is 2.63. The van der Waals surface area contributed by atoms with Gasteiger partial charge in [0.25, 0.3) is 0 Å². The highest BCUT2D eigenvalue weighted by Crippen LogP contribution is 2.17. The standard InChI is InChI=1S/C10H20N2O2/c1-8(13)11-6-7-12-9-4-2-3-5-10(9)14/h9-10,12,14H,2-7H2,1H3,(H,11,13)/t9-,10-/m0/s1. The first-order valence-electron chi connectivity index (χ1n) is 5.36. The van der Waals surface area contributed by atoms with Crippen molar-refractivity contribution in [2.24, 2.45) is 0 Å². The second-order valence-electron chi connectivity index (χ2n) is 3.90. The molecule has 0 bridgehead atoms. The summed E-state index contributed by atoms with van der Waals surface area (Å²) in [5, 5.41) is 15.6. The Morgan fingerprint density at radius 2 is 2.07 bits per heavy atom. The largest absolute Gasteiger partial charge is 0.392 e. The van der Waals surface area contributed by atoms with Crippen LogP contribution in [0.1, 0.15) is 32.6 Å². The van der Waals surface area contributed by atoms with Crippen molar-refractivity contribution in [3.8, 4) is 0 Å². The summed E-state index contributed by atoms with van der Waals surface area (Å²) in [6.45, 7) is 2.88. The molecule has 0 aromatic rings. The molecule has 1 fully saturated rings. The van der Waals surface area contributed by atoms with Crippen LogP contribution in [0, 0.1) is 0 Å². The van der Waals surface area contributed by atoms with Crippen molar-refractivity contribution in [3.05, 3.63) is 0 Å². The SMILES string of the molecule is CC(=O)NCCN[C@H]1CCCC[C@@H]1O. The molecule has 0 aromatic heterocycles. The summed E-state index contributed by atoms with van der Waals surface area (Å²) in [7, 11) is 0. The maximum atomic E-state index is 10.6. The quantitative estimate of drug-likeness (QED) is 0.560. The number of aliphatic hydroxyl groups excluding tert-OH is 1. The smallest absolute Gasteiger partial charge is 0.216 e. The van der Waals surface area contributed by atoms with Crippen LogP contribution in [0.4, 0.5) is 0 Å². The normalized spacial score (nSPS) is 27.3. The van der Waals surface area contributed by atoms with E-state index in [4.69, 9.17) is 0 Å². The number of carbonyl (C=O) groups is 1. The molecule has 14 heavy (non-hydrogen) atoms. The van der Waals surface area contributed by atoms with Crippen LogP contribution in [-0.2, 0) is 4.79 Å². The lowest BCUT2D eigenvalue weighted by Crippen LogP contribution is -2.44. The van der Waals surface area contributed by atoms with E-state index in [0.29, 0.717) is 6.54 Å². The van der Waals surface area contributed by atoms with Gasteiger partial charge in [0.05, 0.1) is 6.10 Å². The fourth-order valence-corrected chi connectivity index (χ4v) is 1.85. The van der Waals surface area contributed by atoms with E-state index in [0.717, 1.165) is 25.8 Å². The molecule has 4 heteroatoms. The van der Waals surface area contributed by atoms with Gasteiger partial charge in [0.15, 0.2) is 0 Å². The van der Waals surface area contributed by atoms with Crippen molar-refractivity contribution in [1.82, 2.24) is 10.6 Å². The van der Waals surface area contributed by atoms with Crippen molar-refractivity contribution in [2.45, 2.75) is 44.8 Å². The minimum Gasteiger partial charge on any atom is -0.392 e. The van der Waals surface area contributed by atoms with Crippen molar-refractivity contribution >= 4 is 5.91 Å². The molecule has 1 amide bonds. The zero-order chi connectivity index (χ0) is 10.4. The van der Waals surface area contributed by atoms with Crippen LogP contribution < -0.4 is 10.6 Å². The predicted octanol–water partition coefficient (Wildman–Crippen LogP) is 0.0156. The minimum atomic E-state index is -0.207. The van der Waals surface area contributed by atoms with Gasteiger partial charge in [0.1, 0.15) is 0 Å². The molecule has 0 radical (unpaired) electrons. The maximum Gasteiger partial charge on any atom is 0.216 e. The molecule has 2 atom stereocenters. The number of hydrogen-bond donors (Lipinski definition) is 3. The summed E-state index contributed by atoms with van der Waals surface area (Å²) in [5.41, 5.74) is 0. The van der Waals surface area contributed by atoms with Gasteiger partial charge in [-0.3, -0.25) is 4.79 Å². The Morgan fingerprint density at radius 3 is 2.71 bits per heavy atom. The predicted molar refractivity (Wildman–Crippen MR) is 54.9 cm³/mol. The van der Waals surface area contributed by atoms with Crippen LogP contribution in [0.15, 0.2) is 0 Å². The van der Waals surface area contributed by atoms with Gasteiger partial charge in [-0.25, -0.2) is 0 Å². The van der Waals surface area contributed by atoms with E-state index < -0.39 is 0 Å². The number of aliphatic hydroxyl groups is 1. The molecule has 0 heterocycles. The van der Waals surface area contributed by atoms with Gasteiger partial charge in [0.2, 0.25) is 5.91 Å². The third kappa shape index (κ3) is 4.07. The second-order valence-corrected chi connectivity index (χ2v) is 3.90. The fraction of sp³-hybridized carbons (Fsp3) is 0.900. The van der Waals surface area contributed by atoms with Crippen molar-refractivity contribution in [2.75, 3.05) is 13.1 Å². The minimum absolute atomic E-state index is 0.00371. The molecule has 0 aliphatic heterocycles. The zero-order valence-electron chi connectivity index (χ0n) is 8.75. The van der Waals surface area contributed by atoms with E-state index in [1.807, 2.05) is 0 Å². The average Bonchev–Trinajstić information content (AvgIpc) is 2.15. The summed E-state index contributed by atoms with van der Waals surface area (Å²) < 4.78 is 0. The van der Waals surface area contributed by atoms with Gasteiger partial charge in [-0.05, 0) is 12.8 Å². The van der Waals surface area contributed by atoms with E-state index in [1.165, 1.54) is 13.3 Å². The van der Waals surface area contributed by atoms with Crippen LogP contribution in [0.25, 0.3) is 0 Å². The molecule has 1 saturated carbocycles. The van der Waals surface area contributed by atoms with Crippen LogP contribution in [0.5, 0.6) is 0 Å². The highest BCUT2D eigenvalue weighted by atomic mass is 16.3. The number of nitrogens with one attached hydrogen (secondary N) is 2. The molecule has 3 N–H and O–H groups in total. The summed E-state index contributed by atoms with van der Waals surface area (Å²) in [6, 6.07) is 0.220. The van der Waals surface area contributed by atoms with E-state index in [1.54, 1.807) is 0 Å². The van der Waals surface area contributed by atoms with Crippen LogP contribution >= 0.6 is 0 Å². The van der Waals surface area contributed by atoms with Gasteiger partial charge < -0.3 is 15.7 Å². The van der Waals surface area contributed by atoms with E-state index in [2.05, 4.69) is 10.6 Å². The molecular weight excluding hydrogens is 180 g/mol. The Hall–Kier alpha value is -0.610. The summed E-state index contributed by atoms with van der Waals surface area (Å²) in [5.74, 6) is -0.00371. The molecule has 0 spiro atoms. The highest BCUT2D eigenvalue weighted by Gasteiger charge is 2.21. The molecule has 0 unspecified atom stereocenters. The number of amides is 1. The van der Waals surface area contributed by atoms with Gasteiger partial charge >= 0.3 is 0 Å². The van der Waals surface area contributed by atoms with Crippen LogP contribution in [0.3, 0.4) is 0 Å². The third-order valence-electron chi connectivity index (χ3n) is 2.63. The molecule has 4 nitrogen and oxygen atoms in total. The Kier molecular flexibility index (Phi) is 4.90. The van der Waals surface area contributed by atoms with Gasteiger partial charge in [-0.1, -0.05) is 12.8 Å². The van der Waals surface area contributed by atoms with Gasteiger partial charge in [-0.2, -0.15) is 0 Å². The molecule has 0 aromatic carbocycles. The van der Waals surface area contributed by atoms with Gasteiger partial charge in [-0.15, -0.1) is 0 Å². The maximum absolute atomic E-state index is 10.6. The zero-order valence-corrected chi connectivity index (χ0v) is 8.75. The first-order chi connectivity index (χ1) is 6.70. The summed E-state index contributed by atoms with van der Waals surface area (Å²) >= 11 is 0. The Labute approximate surface area is 85.1 Å². The first kappa shape index (κ1) is 11.5. The Bertz CT molecular complexity index is 185. The Morgan fingerprint density at radius 1 is 1.36 bits per heavy atom. The lowest BCUT2D eigenvalue weighted by molar-refractivity contribution is -0.118. The first-order valence-corrected chi connectivity index (χ1v) is 5.36. The van der Waals surface area contributed by atoms with Crippen molar-refractivity contribution in [3.63, 3.8) is 0 Å². The van der Waals surface area contributed by atoms with Crippen LogP contribution in [0.2, 0.25) is 0 Å². The number of hydrogen-bond acceptors (Lipinski definition) is 3. The number of carbonyl (C=O) groups excluding carboxylic acids is 1.